The molecule has 0 aromatic heterocycles. The van der Waals surface area contributed by atoms with Gasteiger partial charge in [0, 0.05) is 32.2 Å². The van der Waals surface area contributed by atoms with Crippen molar-refractivity contribution in [2.45, 2.75) is 31.4 Å². The van der Waals surface area contributed by atoms with E-state index in [1.807, 2.05) is 18.2 Å². The molecule has 6 heteroatoms. The molecule has 2 aliphatic rings. The Labute approximate surface area is 129 Å². The molecule has 1 atom stereocenters. The third-order valence-corrected chi connectivity index (χ3v) is 4.11. The zero-order valence-corrected chi connectivity index (χ0v) is 12.5. The Kier molecular flexibility index (Phi) is 4.80. The molecule has 3 rings (SSSR count). The van der Waals surface area contributed by atoms with E-state index in [9.17, 15) is 9.90 Å². The van der Waals surface area contributed by atoms with E-state index in [0.717, 1.165) is 36.1 Å². The standard InChI is InChI=1S/C16H22N2O4/c19-14(11-1-2-15-12(9-11)3-8-22-15)10-17-16(20)18-13-4-6-21-7-5-13/h1-2,9,13-14,19H,3-8,10H2,(H2,17,18,20). The molecule has 6 nitrogen and oxygen atoms in total. The molecule has 2 amide bonds. The van der Waals surface area contributed by atoms with Crippen molar-refractivity contribution in [2.24, 2.45) is 0 Å². The van der Waals surface area contributed by atoms with Crippen molar-refractivity contribution in [1.82, 2.24) is 10.6 Å². The van der Waals surface area contributed by atoms with Crippen LogP contribution in [0, 0.1) is 0 Å². The number of aliphatic hydroxyl groups excluding tert-OH is 1. The van der Waals surface area contributed by atoms with Crippen molar-refractivity contribution in [2.75, 3.05) is 26.4 Å². The SMILES string of the molecule is O=C(NCC(O)c1ccc2c(c1)CCO2)NC1CCOCC1. The maximum absolute atomic E-state index is 11.8. The van der Waals surface area contributed by atoms with Crippen LogP contribution in [-0.2, 0) is 11.2 Å². The van der Waals surface area contributed by atoms with Crippen LogP contribution in [0.4, 0.5) is 4.79 Å². The largest absolute Gasteiger partial charge is 0.493 e. The first kappa shape index (κ1) is 15.1. The van der Waals surface area contributed by atoms with Crippen molar-refractivity contribution in [3.8, 4) is 5.75 Å². The second-order valence-corrected chi connectivity index (χ2v) is 5.72. The molecule has 22 heavy (non-hydrogen) atoms. The first-order chi connectivity index (χ1) is 10.7. The van der Waals surface area contributed by atoms with Gasteiger partial charge in [-0.05, 0) is 36.1 Å². The highest BCUT2D eigenvalue weighted by Gasteiger charge is 2.18. The van der Waals surface area contributed by atoms with Gasteiger partial charge in [0.15, 0.2) is 0 Å². The number of fused-ring (bicyclic) bond motifs is 1. The van der Waals surface area contributed by atoms with Gasteiger partial charge in [0.05, 0.1) is 12.7 Å². The predicted octanol–water partition coefficient (Wildman–Crippen LogP) is 1.13. The van der Waals surface area contributed by atoms with Crippen molar-refractivity contribution in [3.63, 3.8) is 0 Å². The summed E-state index contributed by atoms with van der Waals surface area (Å²) in [6.07, 6.45) is 1.82. The quantitative estimate of drug-likeness (QED) is 0.779. The highest BCUT2D eigenvalue weighted by molar-refractivity contribution is 5.74. The monoisotopic (exact) mass is 306 g/mol. The van der Waals surface area contributed by atoms with Gasteiger partial charge >= 0.3 is 6.03 Å². The molecule has 0 saturated carbocycles. The van der Waals surface area contributed by atoms with Crippen LogP contribution in [0.3, 0.4) is 0 Å². The average Bonchev–Trinajstić information content (AvgIpc) is 3.01. The Morgan fingerprint density at radius 1 is 1.32 bits per heavy atom. The minimum atomic E-state index is -0.716. The zero-order chi connectivity index (χ0) is 15.4. The second-order valence-electron chi connectivity index (χ2n) is 5.72. The Balaban J connectivity index is 1.47. The molecule has 0 radical (unpaired) electrons. The van der Waals surface area contributed by atoms with Gasteiger partial charge < -0.3 is 25.2 Å². The summed E-state index contributed by atoms with van der Waals surface area (Å²) in [5.41, 5.74) is 1.92. The van der Waals surface area contributed by atoms with Gasteiger partial charge in [0.25, 0.3) is 0 Å². The van der Waals surface area contributed by atoms with Crippen LogP contribution >= 0.6 is 0 Å². The van der Waals surface area contributed by atoms with Crippen LogP contribution in [0.5, 0.6) is 5.75 Å². The minimum absolute atomic E-state index is 0.156. The third kappa shape index (κ3) is 3.69. The topological polar surface area (TPSA) is 79.8 Å². The fourth-order valence-corrected chi connectivity index (χ4v) is 2.80. The predicted molar refractivity (Wildman–Crippen MR) is 81.0 cm³/mol. The molecular formula is C16H22N2O4. The summed E-state index contributed by atoms with van der Waals surface area (Å²) in [4.78, 5) is 11.8. The first-order valence-corrected chi connectivity index (χ1v) is 7.78. The molecule has 1 aromatic carbocycles. The summed E-state index contributed by atoms with van der Waals surface area (Å²) >= 11 is 0. The number of nitrogens with one attached hydrogen (secondary N) is 2. The molecular weight excluding hydrogens is 284 g/mol. The lowest BCUT2D eigenvalue weighted by atomic mass is 10.0. The summed E-state index contributed by atoms with van der Waals surface area (Å²) in [6.45, 7) is 2.25. The number of rotatable bonds is 4. The van der Waals surface area contributed by atoms with Crippen LogP contribution in [-0.4, -0.2) is 43.5 Å². The van der Waals surface area contributed by atoms with E-state index >= 15 is 0 Å². The lowest BCUT2D eigenvalue weighted by Crippen LogP contribution is -2.45. The van der Waals surface area contributed by atoms with Gasteiger partial charge in [-0.15, -0.1) is 0 Å². The van der Waals surface area contributed by atoms with Crippen LogP contribution < -0.4 is 15.4 Å². The number of aliphatic hydroxyl groups is 1. The number of hydrogen-bond donors (Lipinski definition) is 3. The maximum atomic E-state index is 11.8. The van der Waals surface area contributed by atoms with E-state index in [0.29, 0.717) is 19.8 Å². The van der Waals surface area contributed by atoms with Gasteiger partial charge in [0.1, 0.15) is 5.75 Å². The van der Waals surface area contributed by atoms with Gasteiger partial charge in [0.2, 0.25) is 0 Å². The fraction of sp³-hybridized carbons (Fsp3) is 0.562. The lowest BCUT2D eigenvalue weighted by molar-refractivity contribution is 0.0798. The molecule has 1 aromatic rings. The first-order valence-electron chi connectivity index (χ1n) is 7.78. The van der Waals surface area contributed by atoms with Crippen LogP contribution in [0.15, 0.2) is 18.2 Å². The van der Waals surface area contributed by atoms with Crippen LogP contribution in [0.1, 0.15) is 30.1 Å². The lowest BCUT2D eigenvalue weighted by Gasteiger charge is -2.23. The Morgan fingerprint density at radius 3 is 2.95 bits per heavy atom. The maximum Gasteiger partial charge on any atom is 0.315 e. The van der Waals surface area contributed by atoms with Crippen LogP contribution in [0.2, 0.25) is 0 Å². The molecule has 3 N–H and O–H groups in total. The molecule has 1 fully saturated rings. The Morgan fingerprint density at radius 2 is 2.14 bits per heavy atom. The van der Waals surface area contributed by atoms with E-state index in [-0.39, 0.29) is 18.6 Å². The van der Waals surface area contributed by atoms with Gasteiger partial charge in [-0.2, -0.15) is 0 Å². The molecule has 1 unspecified atom stereocenters. The number of benzene rings is 1. The molecule has 2 heterocycles. The number of urea groups is 1. The molecule has 2 aliphatic heterocycles. The smallest absolute Gasteiger partial charge is 0.315 e. The van der Waals surface area contributed by atoms with Crippen molar-refractivity contribution >= 4 is 6.03 Å². The average molecular weight is 306 g/mol. The molecule has 0 aliphatic carbocycles. The fourth-order valence-electron chi connectivity index (χ4n) is 2.80. The molecule has 0 bridgehead atoms. The summed E-state index contributed by atoms with van der Waals surface area (Å²) in [5, 5.41) is 15.8. The summed E-state index contributed by atoms with van der Waals surface area (Å²) in [7, 11) is 0. The van der Waals surface area contributed by atoms with Gasteiger partial charge in [-0.1, -0.05) is 6.07 Å². The third-order valence-electron chi connectivity index (χ3n) is 4.11. The van der Waals surface area contributed by atoms with Gasteiger partial charge in [-0.3, -0.25) is 0 Å². The molecule has 120 valence electrons. The zero-order valence-electron chi connectivity index (χ0n) is 12.5. The number of carbonyl (C=O) groups excluding carboxylic acids is 1. The summed E-state index contributed by atoms with van der Waals surface area (Å²) in [6, 6.07) is 5.58. The summed E-state index contributed by atoms with van der Waals surface area (Å²) in [5.74, 6) is 0.890. The minimum Gasteiger partial charge on any atom is -0.493 e. The normalized spacial score (nSPS) is 19.1. The highest BCUT2D eigenvalue weighted by atomic mass is 16.5. The van der Waals surface area contributed by atoms with Crippen molar-refractivity contribution in [1.29, 1.82) is 0 Å². The van der Waals surface area contributed by atoms with Gasteiger partial charge in [-0.25, -0.2) is 4.79 Å². The number of amides is 2. The highest BCUT2D eigenvalue weighted by Crippen LogP contribution is 2.27. The Bertz CT molecular complexity index is 529. The molecule has 1 saturated heterocycles. The van der Waals surface area contributed by atoms with Crippen molar-refractivity contribution < 1.29 is 19.4 Å². The van der Waals surface area contributed by atoms with Crippen LogP contribution in [0.25, 0.3) is 0 Å². The van der Waals surface area contributed by atoms with E-state index < -0.39 is 6.10 Å². The summed E-state index contributed by atoms with van der Waals surface area (Å²) < 4.78 is 10.7. The van der Waals surface area contributed by atoms with Crippen molar-refractivity contribution in [3.05, 3.63) is 29.3 Å². The number of hydrogen-bond acceptors (Lipinski definition) is 4. The second kappa shape index (κ2) is 6.98. The number of carbonyl (C=O) groups is 1. The van der Waals surface area contributed by atoms with E-state index in [1.165, 1.54) is 0 Å². The van der Waals surface area contributed by atoms with E-state index in [2.05, 4.69) is 10.6 Å². The van der Waals surface area contributed by atoms with E-state index in [1.54, 1.807) is 0 Å². The molecule has 0 spiro atoms. The van der Waals surface area contributed by atoms with E-state index in [4.69, 9.17) is 9.47 Å². The Hall–Kier alpha value is -1.79. The number of ether oxygens (including phenoxy) is 2.